The molecule has 0 saturated carbocycles. The molecule has 0 amide bonds. The molecule has 4 nitrogen and oxygen atoms in total. The first-order chi connectivity index (χ1) is 9.33. The van der Waals surface area contributed by atoms with Gasteiger partial charge in [-0.15, -0.1) is 0 Å². The van der Waals surface area contributed by atoms with E-state index in [1.807, 2.05) is 19.1 Å². The molecule has 106 valence electrons. The van der Waals surface area contributed by atoms with Gasteiger partial charge in [0, 0.05) is 12.6 Å². The molecule has 0 aromatic heterocycles. The Morgan fingerprint density at radius 2 is 2.21 bits per heavy atom. The summed E-state index contributed by atoms with van der Waals surface area (Å²) in [6.07, 6.45) is 4.84. The van der Waals surface area contributed by atoms with Crippen LogP contribution in [0.3, 0.4) is 0 Å². The van der Waals surface area contributed by atoms with E-state index in [-0.39, 0.29) is 6.04 Å². The van der Waals surface area contributed by atoms with Crippen LogP contribution in [0.2, 0.25) is 0 Å². The van der Waals surface area contributed by atoms with Gasteiger partial charge in [-0.25, -0.2) is 0 Å². The van der Waals surface area contributed by atoms with E-state index in [0.717, 1.165) is 25.2 Å². The summed E-state index contributed by atoms with van der Waals surface area (Å²) in [5, 5.41) is 0. The van der Waals surface area contributed by atoms with Crippen molar-refractivity contribution < 1.29 is 9.47 Å². The van der Waals surface area contributed by atoms with Gasteiger partial charge in [0.1, 0.15) is 5.75 Å². The largest absolute Gasteiger partial charge is 0.494 e. The average molecular weight is 264 g/mol. The fraction of sp³-hybridized carbons (Fsp3) is 0.600. The molecule has 0 radical (unpaired) electrons. The first-order valence-corrected chi connectivity index (χ1v) is 7.14. The maximum absolute atomic E-state index is 5.66. The minimum Gasteiger partial charge on any atom is -0.494 e. The van der Waals surface area contributed by atoms with Crippen LogP contribution in [0.25, 0.3) is 0 Å². The van der Waals surface area contributed by atoms with Gasteiger partial charge >= 0.3 is 0 Å². The molecule has 0 bridgehead atoms. The van der Waals surface area contributed by atoms with Crippen LogP contribution in [-0.4, -0.2) is 19.3 Å². The molecule has 2 atom stereocenters. The zero-order valence-corrected chi connectivity index (χ0v) is 11.6. The number of nitrogens with one attached hydrogen (secondary N) is 1. The van der Waals surface area contributed by atoms with Crippen molar-refractivity contribution in [2.45, 2.75) is 44.8 Å². The van der Waals surface area contributed by atoms with Crippen molar-refractivity contribution in [2.75, 3.05) is 13.2 Å². The van der Waals surface area contributed by atoms with Gasteiger partial charge in [-0.2, -0.15) is 0 Å². The van der Waals surface area contributed by atoms with Gasteiger partial charge < -0.3 is 9.47 Å². The molecular formula is C15H24N2O2. The molecule has 0 spiro atoms. The molecule has 1 heterocycles. The Morgan fingerprint density at radius 3 is 2.79 bits per heavy atom. The molecule has 0 aliphatic carbocycles. The summed E-state index contributed by atoms with van der Waals surface area (Å²) in [5.74, 6) is 6.57. The first-order valence-electron chi connectivity index (χ1n) is 7.14. The standard InChI is InChI=1S/C15H24N2O2/c1-2-18-14-7-5-12(6-8-14)15(17-16)10-9-13-4-3-11-19-13/h5-8,13,15,17H,2-4,9-11,16H2,1H3. The second-order valence-corrected chi connectivity index (χ2v) is 4.93. The molecule has 1 aromatic rings. The van der Waals surface area contributed by atoms with Crippen LogP contribution in [0, 0.1) is 0 Å². The van der Waals surface area contributed by atoms with E-state index in [2.05, 4.69) is 17.6 Å². The van der Waals surface area contributed by atoms with Gasteiger partial charge in [0.2, 0.25) is 0 Å². The lowest BCUT2D eigenvalue weighted by Crippen LogP contribution is -2.28. The monoisotopic (exact) mass is 264 g/mol. The van der Waals surface area contributed by atoms with Gasteiger partial charge in [-0.05, 0) is 50.3 Å². The summed E-state index contributed by atoms with van der Waals surface area (Å²) in [7, 11) is 0. The molecule has 2 unspecified atom stereocenters. The Bertz CT molecular complexity index is 361. The maximum Gasteiger partial charge on any atom is 0.119 e. The van der Waals surface area contributed by atoms with E-state index in [4.69, 9.17) is 15.3 Å². The smallest absolute Gasteiger partial charge is 0.119 e. The molecule has 1 aliphatic heterocycles. The summed E-state index contributed by atoms with van der Waals surface area (Å²) in [6.45, 7) is 3.59. The summed E-state index contributed by atoms with van der Waals surface area (Å²) in [5.41, 5.74) is 4.10. The summed E-state index contributed by atoms with van der Waals surface area (Å²) >= 11 is 0. The van der Waals surface area contributed by atoms with Crippen molar-refractivity contribution in [3.8, 4) is 5.75 Å². The number of hydrazine groups is 1. The molecule has 1 aliphatic rings. The van der Waals surface area contributed by atoms with Crippen molar-refractivity contribution >= 4 is 0 Å². The van der Waals surface area contributed by atoms with E-state index in [1.165, 1.54) is 18.4 Å². The quantitative estimate of drug-likeness (QED) is 0.587. The minimum absolute atomic E-state index is 0.180. The molecule has 1 saturated heterocycles. The second kappa shape index (κ2) is 7.48. The topological polar surface area (TPSA) is 56.5 Å². The number of benzene rings is 1. The first kappa shape index (κ1) is 14.3. The number of hydrogen-bond acceptors (Lipinski definition) is 4. The van der Waals surface area contributed by atoms with E-state index in [9.17, 15) is 0 Å². The van der Waals surface area contributed by atoms with E-state index >= 15 is 0 Å². The van der Waals surface area contributed by atoms with Gasteiger partial charge in [-0.1, -0.05) is 12.1 Å². The fourth-order valence-corrected chi connectivity index (χ4v) is 2.53. The lowest BCUT2D eigenvalue weighted by atomic mass is 10.00. The van der Waals surface area contributed by atoms with Crippen LogP contribution in [0.15, 0.2) is 24.3 Å². The van der Waals surface area contributed by atoms with E-state index in [1.54, 1.807) is 0 Å². The highest BCUT2D eigenvalue weighted by Crippen LogP contribution is 2.24. The van der Waals surface area contributed by atoms with Gasteiger partial charge in [-0.3, -0.25) is 11.3 Å². The molecule has 19 heavy (non-hydrogen) atoms. The number of hydrogen-bond donors (Lipinski definition) is 2. The molecule has 2 rings (SSSR count). The molecule has 1 fully saturated rings. The number of nitrogens with two attached hydrogens (primary N) is 1. The van der Waals surface area contributed by atoms with E-state index < -0.39 is 0 Å². The highest BCUT2D eigenvalue weighted by Gasteiger charge is 2.18. The Labute approximate surface area is 115 Å². The van der Waals surface area contributed by atoms with Crippen LogP contribution in [-0.2, 0) is 4.74 Å². The Balaban J connectivity index is 1.88. The second-order valence-electron chi connectivity index (χ2n) is 4.93. The van der Waals surface area contributed by atoms with Gasteiger partial charge in [0.25, 0.3) is 0 Å². The molecule has 3 N–H and O–H groups in total. The zero-order valence-electron chi connectivity index (χ0n) is 11.6. The summed E-state index contributed by atoms with van der Waals surface area (Å²) < 4.78 is 11.1. The fourth-order valence-electron chi connectivity index (χ4n) is 2.53. The van der Waals surface area contributed by atoms with Crippen LogP contribution in [0.5, 0.6) is 5.75 Å². The number of ether oxygens (including phenoxy) is 2. The van der Waals surface area contributed by atoms with Crippen molar-refractivity contribution in [3.05, 3.63) is 29.8 Å². The Hall–Kier alpha value is -1.10. The van der Waals surface area contributed by atoms with Crippen LogP contribution < -0.4 is 16.0 Å². The van der Waals surface area contributed by atoms with Crippen LogP contribution >= 0.6 is 0 Å². The normalized spacial score (nSPS) is 20.4. The zero-order chi connectivity index (χ0) is 13.5. The molecule has 4 heteroatoms. The van der Waals surface area contributed by atoms with Gasteiger partial charge in [0.05, 0.1) is 12.7 Å². The predicted molar refractivity (Wildman–Crippen MR) is 75.9 cm³/mol. The predicted octanol–water partition coefficient (Wildman–Crippen LogP) is 2.55. The molecule has 1 aromatic carbocycles. The van der Waals surface area contributed by atoms with Gasteiger partial charge in [0.15, 0.2) is 0 Å². The lowest BCUT2D eigenvalue weighted by Gasteiger charge is -2.18. The van der Waals surface area contributed by atoms with Crippen molar-refractivity contribution in [1.82, 2.24) is 5.43 Å². The Kier molecular flexibility index (Phi) is 5.63. The lowest BCUT2D eigenvalue weighted by molar-refractivity contribution is 0.0996. The van der Waals surface area contributed by atoms with Crippen molar-refractivity contribution in [1.29, 1.82) is 0 Å². The Morgan fingerprint density at radius 1 is 1.42 bits per heavy atom. The van der Waals surface area contributed by atoms with Crippen LogP contribution in [0.1, 0.15) is 44.2 Å². The molecular weight excluding hydrogens is 240 g/mol. The van der Waals surface area contributed by atoms with Crippen LogP contribution in [0.4, 0.5) is 0 Å². The van der Waals surface area contributed by atoms with Crippen molar-refractivity contribution in [2.24, 2.45) is 5.84 Å². The van der Waals surface area contributed by atoms with E-state index in [0.29, 0.717) is 12.7 Å². The highest BCUT2D eigenvalue weighted by molar-refractivity contribution is 5.29. The summed E-state index contributed by atoms with van der Waals surface area (Å²) in [6, 6.07) is 8.32. The van der Waals surface area contributed by atoms with Crippen molar-refractivity contribution in [3.63, 3.8) is 0 Å². The average Bonchev–Trinajstić information content (AvgIpc) is 2.95. The SMILES string of the molecule is CCOc1ccc(C(CCC2CCCO2)NN)cc1. The third-order valence-corrected chi connectivity index (χ3v) is 3.60. The third kappa shape index (κ3) is 4.20. The maximum atomic E-state index is 5.66. The highest BCUT2D eigenvalue weighted by atomic mass is 16.5. The number of rotatable bonds is 7. The summed E-state index contributed by atoms with van der Waals surface area (Å²) in [4.78, 5) is 0. The third-order valence-electron chi connectivity index (χ3n) is 3.60. The minimum atomic E-state index is 0.180.